The van der Waals surface area contributed by atoms with Crippen LogP contribution in [-0.4, -0.2) is 17.6 Å². The quantitative estimate of drug-likeness (QED) is 0.868. The molecule has 0 unspecified atom stereocenters. The van der Waals surface area contributed by atoms with Crippen LogP contribution in [0, 0.1) is 0 Å². The molecule has 3 nitrogen and oxygen atoms in total. The molecule has 1 heterocycles. The summed E-state index contributed by atoms with van der Waals surface area (Å²) in [6.07, 6.45) is 0.799. The molecular formula is C15H11Cl2NO2. The van der Waals surface area contributed by atoms with Crippen molar-refractivity contribution in [3.8, 4) is 5.75 Å². The molecule has 0 fully saturated rings. The molecule has 102 valence electrons. The van der Waals surface area contributed by atoms with Gasteiger partial charge in [0.2, 0.25) is 0 Å². The number of hydrogen-bond acceptors (Lipinski definition) is 2. The van der Waals surface area contributed by atoms with Gasteiger partial charge in [-0.25, -0.2) is 0 Å². The van der Waals surface area contributed by atoms with Crippen LogP contribution >= 0.6 is 23.2 Å². The molecule has 0 aromatic heterocycles. The van der Waals surface area contributed by atoms with Crippen molar-refractivity contribution in [2.45, 2.75) is 6.42 Å². The van der Waals surface area contributed by atoms with Crippen molar-refractivity contribution < 1.29 is 9.90 Å². The Balaban J connectivity index is 2.03. The molecule has 20 heavy (non-hydrogen) atoms. The zero-order chi connectivity index (χ0) is 14.3. The number of hydrogen-bond donors (Lipinski definition) is 1. The molecule has 2 aromatic rings. The van der Waals surface area contributed by atoms with E-state index in [1.54, 1.807) is 4.90 Å². The normalized spacial score (nSPS) is 13.4. The lowest BCUT2D eigenvalue weighted by atomic mass is 10.1. The number of benzene rings is 2. The number of phenolic OH excluding ortho intramolecular Hbond substituents is 1. The van der Waals surface area contributed by atoms with Gasteiger partial charge in [-0.15, -0.1) is 0 Å². The van der Waals surface area contributed by atoms with E-state index in [4.69, 9.17) is 23.2 Å². The van der Waals surface area contributed by atoms with E-state index in [-0.39, 0.29) is 22.2 Å². The van der Waals surface area contributed by atoms with Crippen LogP contribution in [0.25, 0.3) is 0 Å². The highest BCUT2D eigenvalue weighted by Crippen LogP contribution is 2.35. The second-order valence-corrected chi connectivity index (χ2v) is 5.46. The summed E-state index contributed by atoms with van der Waals surface area (Å²) < 4.78 is 0. The number of halogens is 2. The SMILES string of the molecule is O=C(c1c(O)cc(Cl)cc1Cl)N1CCc2ccccc21. The Morgan fingerprint density at radius 2 is 1.95 bits per heavy atom. The lowest BCUT2D eigenvalue weighted by molar-refractivity contribution is 0.0987. The summed E-state index contributed by atoms with van der Waals surface area (Å²) in [6.45, 7) is 0.580. The van der Waals surface area contributed by atoms with Crippen molar-refractivity contribution >= 4 is 34.8 Å². The van der Waals surface area contributed by atoms with Crippen molar-refractivity contribution in [2.75, 3.05) is 11.4 Å². The molecule has 0 spiro atoms. The molecule has 1 N–H and O–H groups in total. The fourth-order valence-electron chi connectivity index (χ4n) is 2.46. The molecule has 0 aliphatic carbocycles. The summed E-state index contributed by atoms with van der Waals surface area (Å²) in [5, 5.41) is 10.4. The second-order valence-electron chi connectivity index (χ2n) is 4.62. The van der Waals surface area contributed by atoms with Crippen LogP contribution in [0.1, 0.15) is 15.9 Å². The first kappa shape index (κ1) is 13.3. The van der Waals surface area contributed by atoms with Gasteiger partial charge < -0.3 is 10.0 Å². The lowest BCUT2D eigenvalue weighted by Gasteiger charge is -2.18. The third kappa shape index (κ3) is 2.13. The monoisotopic (exact) mass is 307 g/mol. The van der Waals surface area contributed by atoms with Gasteiger partial charge in [-0.3, -0.25) is 4.79 Å². The fourth-order valence-corrected chi connectivity index (χ4v) is 3.02. The maximum absolute atomic E-state index is 12.6. The summed E-state index contributed by atoms with van der Waals surface area (Å²) in [7, 11) is 0. The number of rotatable bonds is 1. The molecule has 1 aliphatic heterocycles. The maximum Gasteiger partial charge on any atom is 0.263 e. The predicted octanol–water partition coefficient (Wildman–Crippen LogP) is 3.90. The average molecular weight is 308 g/mol. The maximum atomic E-state index is 12.6. The van der Waals surface area contributed by atoms with Gasteiger partial charge in [-0.1, -0.05) is 41.4 Å². The molecule has 1 amide bonds. The minimum Gasteiger partial charge on any atom is -0.507 e. The molecular weight excluding hydrogens is 297 g/mol. The number of amides is 1. The number of aromatic hydroxyl groups is 1. The molecule has 0 bridgehead atoms. The standard InChI is InChI=1S/C15H11Cl2NO2/c16-10-7-11(17)14(13(19)8-10)15(20)18-6-5-9-3-1-2-4-12(9)18/h1-4,7-8,19H,5-6H2. The van der Waals surface area contributed by atoms with Crippen molar-refractivity contribution in [2.24, 2.45) is 0 Å². The third-order valence-electron chi connectivity index (χ3n) is 3.38. The van der Waals surface area contributed by atoms with Crippen molar-refractivity contribution in [1.82, 2.24) is 0 Å². The molecule has 3 rings (SSSR count). The van der Waals surface area contributed by atoms with Crippen molar-refractivity contribution in [3.05, 3.63) is 57.6 Å². The zero-order valence-corrected chi connectivity index (χ0v) is 11.9. The average Bonchev–Trinajstić information content (AvgIpc) is 2.81. The number of carbonyl (C=O) groups excluding carboxylic acids is 1. The highest BCUT2D eigenvalue weighted by atomic mass is 35.5. The summed E-state index contributed by atoms with van der Waals surface area (Å²) >= 11 is 11.8. The van der Waals surface area contributed by atoms with Crippen LogP contribution in [0.4, 0.5) is 5.69 Å². The van der Waals surface area contributed by atoms with E-state index in [1.165, 1.54) is 12.1 Å². The second kappa shape index (κ2) is 5.00. The van der Waals surface area contributed by atoms with Crippen LogP contribution in [0.2, 0.25) is 10.0 Å². The number of carbonyl (C=O) groups is 1. The first-order valence-corrected chi connectivity index (χ1v) is 6.91. The van der Waals surface area contributed by atoms with Gasteiger partial charge in [0.1, 0.15) is 11.3 Å². The topological polar surface area (TPSA) is 40.5 Å². The molecule has 0 radical (unpaired) electrons. The van der Waals surface area contributed by atoms with E-state index < -0.39 is 0 Å². The lowest BCUT2D eigenvalue weighted by Crippen LogP contribution is -2.29. The molecule has 0 saturated carbocycles. The van der Waals surface area contributed by atoms with Crippen molar-refractivity contribution in [3.63, 3.8) is 0 Å². The van der Waals surface area contributed by atoms with E-state index in [9.17, 15) is 9.90 Å². The Labute approximate surface area is 126 Å². The highest BCUT2D eigenvalue weighted by molar-refractivity contribution is 6.37. The molecule has 2 aromatic carbocycles. The van der Waals surface area contributed by atoms with Gasteiger partial charge in [0.15, 0.2) is 0 Å². The van der Waals surface area contributed by atoms with Crippen LogP contribution < -0.4 is 4.90 Å². The largest absolute Gasteiger partial charge is 0.507 e. The summed E-state index contributed by atoms with van der Waals surface area (Å²) in [5.74, 6) is -0.508. The van der Waals surface area contributed by atoms with Crippen molar-refractivity contribution in [1.29, 1.82) is 0 Å². The third-order valence-corrected chi connectivity index (χ3v) is 3.90. The van der Waals surface area contributed by atoms with Crippen LogP contribution in [0.5, 0.6) is 5.75 Å². The Morgan fingerprint density at radius 3 is 2.70 bits per heavy atom. The van der Waals surface area contributed by atoms with Gasteiger partial charge in [0.05, 0.1) is 5.02 Å². The Kier molecular flexibility index (Phi) is 3.32. The van der Waals surface area contributed by atoms with E-state index in [2.05, 4.69) is 0 Å². The summed E-state index contributed by atoms with van der Waals surface area (Å²) in [6, 6.07) is 10.5. The van der Waals surface area contributed by atoms with E-state index in [0.29, 0.717) is 11.6 Å². The van der Waals surface area contributed by atoms with E-state index in [0.717, 1.165) is 17.7 Å². The Bertz CT molecular complexity index is 677. The minimum atomic E-state index is -0.311. The predicted molar refractivity (Wildman–Crippen MR) is 79.9 cm³/mol. The van der Waals surface area contributed by atoms with Gasteiger partial charge in [-0.05, 0) is 30.2 Å². The van der Waals surface area contributed by atoms with Crippen LogP contribution in [0.3, 0.4) is 0 Å². The number of fused-ring (bicyclic) bond motifs is 1. The molecule has 1 aliphatic rings. The first-order chi connectivity index (χ1) is 9.58. The molecule has 0 atom stereocenters. The van der Waals surface area contributed by atoms with Gasteiger partial charge in [-0.2, -0.15) is 0 Å². The summed E-state index contributed by atoms with van der Waals surface area (Å²) in [4.78, 5) is 14.2. The van der Waals surface area contributed by atoms with Crippen LogP contribution in [-0.2, 0) is 6.42 Å². The minimum absolute atomic E-state index is 0.0905. The van der Waals surface area contributed by atoms with E-state index >= 15 is 0 Å². The Morgan fingerprint density at radius 1 is 1.20 bits per heavy atom. The van der Waals surface area contributed by atoms with Gasteiger partial charge in [0, 0.05) is 17.3 Å². The number of phenols is 1. The zero-order valence-electron chi connectivity index (χ0n) is 10.4. The number of para-hydroxylation sites is 1. The van der Waals surface area contributed by atoms with Gasteiger partial charge in [0.25, 0.3) is 5.91 Å². The smallest absolute Gasteiger partial charge is 0.263 e. The summed E-state index contributed by atoms with van der Waals surface area (Å²) in [5.41, 5.74) is 2.07. The number of nitrogens with zero attached hydrogens (tertiary/aromatic N) is 1. The first-order valence-electron chi connectivity index (χ1n) is 6.15. The highest BCUT2D eigenvalue weighted by Gasteiger charge is 2.28. The van der Waals surface area contributed by atoms with Gasteiger partial charge >= 0.3 is 0 Å². The molecule has 0 saturated heterocycles. The fraction of sp³-hybridized carbons (Fsp3) is 0.133. The molecule has 5 heteroatoms. The Hall–Kier alpha value is -1.71. The number of anilines is 1. The van der Waals surface area contributed by atoms with E-state index in [1.807, 2.05) is 24.3 Å². The van der Waals surface area contributed by atoms with Crippen LogP contribution in [0.15, 0.2) is 36.4 Å².